The van der Waals surface area contributed by atoms with E-state index in [4.69, 9.17) is 0 Å². The van der Waals surface area contributed by atoms with Gasteiger partial charge in [-0.05, 0) is 36.6 Å². The molecule has 1 saturated heterocycles. The maximum absolute atomic E-state index is 13.1. The summed E-state index contributed by atoms with van der Waals surface area (Å²) in [6.07, 6.45) is 0.266. The molecule has 106 valence electrons. The predicted molar refractivity (Wildman–Crippen MR) is 83.6 cm³/mol. The van der Waals surface area contributed by atoms with Crippen molar-refractivity contribution in [3.63, 3.8) is 0 Å². The van der Waals surface area contributed by atoms with Crippen molar-refractivity contribution in [2.75, 3.05) is 5.75 Å². The highest BCUT2D eigenvalue weighted by molar-refractivity contribution is 8.07. The number of halogens is 1. The molecule has 1 heterocycles. The molecule has 4 heteroatoms. The fraction of sp³-hybridized carbons (Fsp3) is 0.600. The van der Waals surface area contributed by atoms with Crippen LogP contribution in [0.25, 0.3) is 0 Å². The summed E-state index contributed by atoms with van der Waals surface area (Å²) in [5.41, 5.74) is 1.97. The number of benzene rings is 1. The molecule has 0 spiro atoms. The van der Waals surface area contributed by atoms with Gasteiger partial charge in [-0.2, -0.15) is 23.5 Å². The molecule has 1 fully saturated rings. The Morgan fingerprint density at radius 1 is 1.37 bits per heavy atom. The molecule has 4 atom stereocenters. The first-order valence-corrected chi connectivity index (χ1v) is 8.66. The fourth-order valence-corrected chi connectivity index (χ4v) is 5.27. The molecule has 1 aliphatic rings. The maximum Gasteiger partial charge on any atom is 0.123 e. The zero-order chi connectivity index (χ0) is 14.0. The summed E-state index contributed by atoms with van der Waals surface area (Å²) < 4.78 is 13.1. The van der Waals surface area contributed by atoms with Crippen LogP contribution in [0, 0.1) is 12.7 Å². The highest BCUT2D eigenvalue weighted by atomic mass is 32.2. The topological polar surface area (TPSA) is 20.2 Å². The van der Waals surface area contributed by atoms with Crippen LogP contribution in [0.1, 0.15) is 25.0 Å². The zero-order valence-electron chi connectivity index (χ0n) is 11.6. The lowest BCUT2D eigenvalue weighted by atomic mass is 10.0. The molecular weight excluding hydrogens is 279 g/mol. The minimum absolute atomic E-state index is 0.208. The van der Waals surface area contributed by atoms with E-state index in [0.29, 0.717) is 16.9 Å². The Morgan fingerprint density at radius 3 is 2.74 bits per heavy atom. The van der Waals surface area contributed by atoms with Crippen LogP contribution in [-0.2, 0) is 6.42 Å². The monoisotopic (exact) mass is 300 g/mol. The fourth-order valence-electron chi connectivity index (χ4n) is 2.25. The average molecular weight is 300 g/mol. The first-order valence-electron chi connectivity index (χ1n) is 6.67. The molecular formula is C15H21FOS2. The lowest BCUT2D eigenvalue weighted by Crippen LogP contribution is -2.35. The molecule has 1 N–H and O–H groups in total. The third-order valence-electron chi connectivity index (χ3n) is 3.74. The van der Waals surface area contributed by atoms with Crippen LogP contribution in [0.2, 0.25) is 0 Å². The number of aliphatic hydroxyl groups excluding tert-OH is 1. The SMILES string of the molecule is Cc1cc(F)ccc1CC(O)C1CSC(C)C(C)S1. The van der Waals surface area contributed by atoms with Gasteiger partial charge >= 0.3 is 0 Å². The highest BCUT2D eigenvalue weighted by Crippen LogP contribution is 2.37. The Morgan fingerprint density at radius 2 is 2.11 bits per heavy atom. The third-order valence-corrected chi connectivity index (χ3v) is 7.27. The summed E-state index contributed by atoms with van der Waals surface area (Å²) in [6.45, 7) is 6.37. The van der Waals surface area contributed by atoms with Crippen molar-refractivity contribution in [3.05, 3.63) is 35.1 Å². The van der Waals surface area contributed by atoms with Crippen LogP contribution >= 0.6 is 23.5 Å². The molecule has 0 radical (unpaired) electrons. The molecule has 0 aromatic heterocycles. The molecule has 0 bridgehead atoms. The molecule has 0 saturated carbocycles. The Labute approximate surface area is 123 Å². The number of thioether (sulfide) groups is 2. The van der Waals surface area contributed by atoms with Gasteiger partial charge in [-0.1, -0.05) is 19.9 Å². The lowest BCUT2D eigenvalue weighted by Gasteiger charge is -2.34. The smallest absolute Gasteiger partial charge is 0.123 e. The first kappa shape index (κ1) is 15.2. The third kappa shape index (κ3) is 3.89. The van der Waals surface area contributed by atoms with Gasteiger partial charge in [-0.25, -0.2) is 4.39 Å². The van der Waals surface area contributed by atoms with Gasteiger partial charge in [-0.3, -0.25) is 0 Å². The Hall–Kier alpha value is -0.190. The standard InChI is InChI=1S/C15H21FOS2/c1-9-6-13(16)5-4-12(9)7-14(17)15-8-18-10(2)11(3)19-15/h4-6,10-11,14-15,17H,7-8H2,1-3H3. The zero-order valence-corrected chi connectivity index (χ0v) is 13.2. The minimum atomic E-state index is -0.350. The summed E-state index contributed by atoms with van der Waals surface area (Å²) in [5, 5.41) is 11.9. The molecule has 4 unspecified atom stereocenters. The van der Waals surface area contributed by atoms with Crippen molar-refractivity contribution in [2.24, 2.45) is 0 Å². The lowest BCUT2D eigenvalue weighted by molar-refractivity contribution is 0.177. The summed E-state index contributed by atoms with van der Waals surface area (Å²) in [5.74, 6) is 0.790. The van der Waals surface area contributed by atoms with Gasteiger partial charge in [0.2, 0.25) is 0 Å². The van der Waals surface area contributed by atoms with Crippen LogP contribution in [0.5, 0.6) is 0 Å². The summed E-state index contributed by atoms with van der Waals surface area (Å²) in [4.78, 5) is 0. The van der Waals surface area contributed by atoms with Crippen molar-refractivity contribution >= 4 is 23.5 Å². The Bertz CT molecular complexity index is 438. The van der Waals surface area contributed by atoms with E-state index in [2.05, 4.69) is 13.8 Å². The first-order chi connectivity index (χ1) is 8.97. The van der Waals surface area contributed by atoms with Crippen LogP contribution < -0.4 is 0 Å². The van der Waals surface area contributed by atoms with E-state index >= 15 is 0 Å². The van der Waals surface area contributed by atoms with E-state index in [9.17, 15) is 9.50 Å². The molecule has 2 rings (SSSR count). The molecule has 19 heavy (non-hydrogen) atoms. The quantitative estimate of drug-likeness (QED) is 0.920. The van der Waals surface area contributed by atoms with Crippen molar-refractivity contribution in [3.8, 4) is 0 Å². The predicted octanol–water partition coefficient (Wildman–Crippen LogP) is 3.66. The van der Waals surface area contributed by atoms with Gasteiger partial charge in [0.1, 0.15) is 5.82 Å². The molecule has 1 aromatic rings. The number of aryl methyl sites for hydroxylation is 1. The maximum atomic E-state index is 13.1. The van der Waals surface area contributed by atoms with Crippen molar-refractivity contribution in [1.29, 1.82) is 0 Å². The van der Waals surface area contributed by atoms with Gasteiger partial charge in [0, 0.05) is 21.5 Å². The van der Waals surface area contributed by atoms with Gasteiger partial charge in [-0.15, -0.1) is 0 Å². The van der Waals surface area contributed by atoms with Gasteiger partial charge < -0.3 is 5.11 Å². The summed E-state index contributed by atoms with van der Waals surface area (Å²) >= 11 is 3.82. The number of hydrogen-bond donors (Lipinski definition) is 1. The molecule has 1 nitrogen and oxygen atoms in total. The number of hydrogen-bond acceptors (Lipinski definition) is 3. The van der Waals surface area contributed by atoms with E-state index in [1.165, 1.54) is 12.1 Å². The largest absolute Gasteiger partial charge is 0.392 e. The van der Waals surface area contributed by atoms with Crippen LogP contribution in [0.3, 0.4) is 0 Å². The van der Waals surface area contributed by atoms with E-state index < -0.39 is 0 Å². The summed E-state index contributed by atoms with van der Waals surface area (Å²) in [7, 11) is 0. The van der Waals surface area contributed by atoms with E-state index in [1.54, 1.807) is 6.07 Å². The molecule has 1 aromatic carbocycles. The second kappa shape index (κ2) is 6.51. The Balaban J connectivity index is 1.99. The van der Waals surface area contributed by atoms with Gasteiger partial charge in [0.15, 0.2) is 0 Å². The number of aliphatic hydroxyl groups is 1. The molecule has 1 aliphatic heterocycles. The van der Waals surface area contributed by atoms with Gasteiger partial charge in [0.25, 0.3) is 0 Å². The normalized spacial score (nSPS) is 29.2. The van der Waals surface area contributed by atoms with E-state index in [-0.39, 0.29) is 17.2 Å². The van der Waals surface area contributed by atoms with Crippen LogP contribution in [0.15, 0.2) is 18.2 Å². The minimum Gasteiger partial charge on any atom is -0.392 e. The van der Waals surface area contributed by atoms with E-state index in [0.717, 1.165) is 16.9 Å². The average Bonchev–Trinajstić information content (AvgIpc) is 2.36. The number of rotatable bonds is 3. The summed E-state index contributed by atoms with van der Waals surface area (Å²) in [6, 6.07) is 4.80. The van der Waals surface area contributed by atoms with E-state index in [1.807, 2.05) is 30.4 Å². The highest BCUT2D eigenvalue weighted by Gasteiger charge is 2.30. The Kier molecular flexibility index (Phi) is 5.21. The van der Waals surface area contributed by atoms with Crippen molar-refractivity contribution in [1.82, 2.24) is 0 Å². The van der Waals surface area contributed by atoms with Crippen LogP contribution in [-0.4, -0.2) is 32.7 Å². The molecule has 0 amide bonds. The second-order valence-electron chi connectivity index (χ2n) is 5.26. The second-order valence-corrected chi connectivity index (χ2v) is 8.29. The molecule has 0 aliphatic carbocycles. The van der Waals surface area contributed by atoms with Crippen LogP contribution in [0.4, 0.5) is 4.39 Å². The van der Waals surface area contributed by atoms with Crippen molar-refractivity contribution < 1.29 is 9.50 Å². The van der Waals surface area contributed by atoms with Crippen molar-refractivity contribution in [2.45, 2.75) is 49.0 Å². The van der Waals surface area contributed by atoms with Gasteiger partial charge in [0.05, 0.1) is 6.10 Å².